The van der Waals surface area contributed by atoms with Crippen molar-refractivity contribution in [3.8, 4) is 0 Å². The standard InChI is InChI=1S/C12H13N3O2.C11H22O2S/c16-9-7-8(13-1-2-13)12(17)11(15-5-6-15)10(9)14-3-4-14;1-3-4-5-6-7-8-10(9(2)14)11(12)13/h7H,1-6H2;9-10,14H,3-8H2,1-2H3,(H,12,13). The van der Waals surface area contributed by atoms with Crippen LogP contribution in [0.1, 0.15) is 52.4 Å². The number of carboxylic acid groups (broad SMARTS) is 1. The summed E-state index contributed by atoms with van der Waals surface area (Å²) < 4.78 is 0. The lowest BCUT2D eigenvalue weighted by molar-refractivity contribution is -0.141. The number of thiol groups is 1. The van der Waals surface area contributed by atoms with Crippen LogP contribution in [0.5, 0.6) is 0 Å². The van der Waals surface area contributed by atoms with E-state index in [4.69, 9.17) is 5.11 Å². The van der Waals surface area contributed by atoms with Crippen molar-refractivity contribution in [3.63, 3.8) is 0 Å². The molecule has 2 atom stereocenters. The van der Waals surface area contributed by atoms with E-state index in [-0.39, 0.29) is 22.7 Å². The Balaban J connectivity index is 0.000000181. The number of hydrogen-bond acceptors (Lipinski definition) is 7. The third-order valence-electron chi connectivity index (χ3n) is 6.01. The minimum Gasteiger partial charge on any atom is -0.481 e. The molecule has 4 rings (SSSR count). The summed E-state index contributed by atoms with van der Waals surface area (Å²) in [5.74, 6) is -0.935. The molecule has 0 aromatic carbocycles. The fourth-order valence-electron chi connectivity index (χ4n) is 3.81. The van der Waals surface area contributed by atoms with E-state index >= 15 is 0 Å². The van der Waals surface area contributed by atoms with E-state index in [2.05, 4.69) is 19.6 Å². The van der Waals surface area contributed by atoms with Crippen LogP contribution < -0.4 is 0 Å². The Kier molecular flexibility index (Phi) is 8.08. The third-order valence-corrected chi connectivity index (χ3v) is 6.37. The number of hydrogen-bond donors (Lipinski definition) is 2. The van der Waals surface area contributed by atoms with Gasteiger partial charge in [0.2, 0.25) is 11.6 Å². The number of allylic oxidation sites excluding steroid dienone is 1. The normalized spacial score (nSPS) is 21.4. The van der Waals surface area contributed by atoms with Crippen LogP contribution in [0.4, 0.5) is 0 Å². The van der Waals surface area contributed by atoms with E-state index < -0.39 is 5.97 Å². The van der Waals surface area contributed by atoms with Crippen LogP contribution in [0, 0.1) is 5.92 Å². The maximum Gasteiger partial charge on any atom is 0.307 e. The highest BCUT2D eigenvalue weighted by atomic mass is 32.1. The number of ketones is 2. The molecule has 1 aliphatic carbocycles. The highest BCUT2D eigenvalue weighted by Crippen LogP contribution is 2.33. The third kappa shape index (κ3) is 6.51. The van der Waals surface area contributed by atoms with Gasteiger partial charge in [-0.25, -0.2) is 0 Å². The Bertz CT molecular complexity index is 765. The van der Waals surface area contributed by atoms with E-state index in [0.29, 0.717) is 17.1 Å². The van der Waals surface area contributed by atoms with Gasteiger partial charge in [0.15, 0.2) is 0 Å². The molecule has 0 saturated carbocycles. The Morgan fingerprint density at radius 1 is 0.968 bits per heavy atom. The minimum atomic E-state index is -0.706. The molecule has 0 aromatic heterocycles. The number of carboxylic acids is 1. The largest absolute Gasteiger partial charge is 0.481 e. The lowest BCUT2D eigenvalue weighted by atomic mass is 9.98. The number of aliphatic carboxylic acids is 1. The van der Waals surface area contributed by atoms with Crippen molar-refractivity contribution < 1.29 is 19.5 Å². The molecule has 0 spiro atoms. The average Bonchev–Trinajstić information content (AvgIpc) is 3.56. The molecule has 4 aliphatic rings. The first-order valence-electron chi connectivity index (χ1n) is 11.6. The SMILES string of the molecule is CCCCCCCC(C(=O)O)C(C)S.O=C1C=C(N2CC2)C(=O)C(N2CC2)=C1N1CC1. The number of carbonyl (C=O) groups is 3. The zero-order valence-electron chi connectivity index (χ0n) is 18.7. The Labute approximate surface area is 190 Å². The fraction of sp³-hybridized carbons (Fsp3) is 0.696. The van der Waals surface area contributed by atoms with Gasteiger partial charge in [-0.1, -0.05) is 46.0 Å². The Morgan fingerprint density at radius 2 is 1.52 bits per heavy atom. The second-order valence-corrected chi connectivity index (χ2v) is 9.58. The van der Waals surface area contributed by atoms with Crippen LogP contribution in [-0.2, 0) is 14.4 Å². The first-order valence-corrected chi connectivity index (χ1v) is 12.1. The van der Waals surface area contributed by atoms with Crippen LogP contribution in [0.15, 0.2) is 23.2 Å². The number of rotatable bonds is 11. The summed E-state index contributed by atoms with van der Waals surface area (Å²) >= 11 is 4.20. The molecule has 3 aliphatic heterocycles. The summed E-state index contributed by atoms with van der Waals surface area (Å²) in [7, 11) is 0. The van der Waals surface area contributed by atoms with Crippen molar-refractivity contribution in [2.75, 3.05) is 39.3 Å². The number of unbranched alkanes of at least 4 members (excludes halogenated alkanes) is 4. The number of Topliss-reactive ketones (excluding diaryl/α,β-unsaturated/α-hetero) is 1. The van der Waals surface area contributed by atoms with Gasteiger partial charge in [0.25, 0.3) is 0 Å². The highest BCUT2D eigenvalue weighted by Gasteiger charge is 2.43. The summed E-state index contributed by atoms with van der Waals surface area (Å²) in [6.07, 6.45) is 8.17. The van der Waals surface area contributed by atoms with Gasteiger partial charge in [0.05, 0.1) is 11.6 Å². The molecule has 7 nitrogen and oxygen atoms in total. The Hall–Kier alpha value is -1.96. The maximum atomic E-state index is 12.4. The zero-order chi connectivity index (χ0) is 22.5. The minimum absolute atomic E-state index is 0.00546. The zero-order valence-corrected chi connectivity index (χ0v) is 19.6. The molecule has 31 heavy (non-hydrogen) atoms. The molecule has 0 radical (unpaired) electrons. The monoisotopic (exact) mass is 449 g/mol. The van der Waals surface area contributed by atoms with Crippen molar-refractivity contribution in [1.29, 1.82) is 0 Å². The van der Waals surface area contributed by atoms with Gasteiger partial charge < -0.3 is 19.8 Å². The van der Waals surface area contributed by atoms with Gasteiger partial charge in [-0.3, -0.25) is 14.4 Å². The van der Waals surface area contributed by atoms with E-state index in [1.807, 2.05) is 21.6 Å². The lowest BCUT2D eigenvalue weighted by Gasteiger charge is -2.21. The van der Waals surface area contributed by atoms with Gasteiger partial charge >= 0.3 is 5.97 Å². The molecule has 3 heterocycles. The maximum absolute atomic E-state index is 12.4. The van der Waals surface area contributed by atoms with Crippen LogP contribution in [0.2, 0.25) is 0 Å². The van der Waals surface area contributed by atoms with E-state index in [0.717, 1.165) is 58.5 Å². The summed E-state index contributed by atoms with van der Waals surface area (Å²) in [5, 5.41) is 8.85. The van der Waals surface area contributed by atoms with Crippen molar-refractivity contribution in [2.24, 2.45) is 5.92 Å². The van der Waals surface area contributed by atoms with Gasteiger partial charge in [0, 0.05) is 50.6 Å². The quantitative estimate of drug-likeness (QED) is 0.217. The van der Waals surface area contributed by atoms with E-state index in [1.54, 1.807) is 0 Å². The van der Waals surface area contributed by atoms with Gasteiger partial charge in [0.1, 0.15) is 11.4 Å². The second kappa shape index (κ2) is 10.6. The van der Waals surface area contributed by atoms with Crippen molar-refractivity contribution in [2.45, 2.75) is 57.6 Å². The number of nitrogens with zero attached hydrogens (tertiary/aromatic N) is 3. The highest BCUT2D eigenvalue weighted by molar-refractivity contribution is 7.81. The van der Waals surface area contributed by atoms with Gasteiger partial charge in [-0.05, 0) is 6.42 Å². The van der Waals surface area contributed by atoms with Crippen molar-refractivity contribution in [1.82, 2.24) is 14.7 Å². The van der Waals surface area contributed by atoms with Crippen LogP contribution in [0.3, 0.4) is 0 Å². The summed E-state index contributed by atoms with van der Waals surface area (Å²) in [6, 6.07) is 0. The summed E-state index contributed by atoms with van der Waals surface area (Å²) in [4.78, 5) is 41.3. The van der Waals surface area contributed by atoms with Crippen LogP contribution in [0.25, 0.3) is 0 Å². The number of carbonyl (C=O) groups excluding carboxylic acids is 2. The fourth-order valence-corrected chi connectivity index (χ4v) is 4.09. The molecule has 0 bridgehead atoms. The van der Waals surface area contributed by atoms with E-state index in [9.17, 15) is 14.4 Å². The summed E-state index contributed by atoms with van der Waals surface area (Å²) in [6.45, 7) is 9.44. The molecule has 172 valence electrons. The molecule has 0 aromatic rings. The van der Waals surface area contributed by atoms with Crippen LogP contribution in [-0.4, -0.2) is 81.9 Å². The van der Waals surface area contributed by atoms with Crippen molar-refractivity contribution in [3.05, 3.63) is 23.2 Å². The molecule has 8 heteroatoms. The molecular formula is C23H35N3O4S. The van der Waals surface area contributed by atoms with E-state index in [1.165, 1.54) is 25.3 Å². The molecule has 3 saturated heterocycles. The van der Waals surface area contributed by atoms with Crippen molar-refractivity contribution >= 4 is 30.2 Å². The average molecular weight is 450 g/mol. The molecule has 0 amide bonds. The molecule has 2 unspecified atom stereocenters. The van der Waals surface area contributed by atoms with Gasteiger partial charge in [-0.2, -0.15) is 12.6 Å². The first-order chi connectivity index (χ1) is 14.8. The predicted molar refractivity (Wildman–Crippen MR) is 123 cm³/mol. The first kappa shape index (κ1) is 23.7. The smallest absolute Gasteiger partial charge is 0.307 e. The molecule has 1 N–H and O–H groups in total. The summed E-state index contributed by atoms with van der Waals surface area (Å²) in [5.41, 5.74) is 1.89. The predicted octanol–water partition coefficient (Wildman–Crippen LogP) is 2.55. The second-order valence-electron chi connectivity index (χ2n) is 8.77. The topological polar surface area (TPSA) is 80.5 Å². The van der Waals surface area contributed by atoms with Crippen LogP contribution >= 0.6 is 12.6 Å². The molecule has 3 fully saturated rings. The molecular weight excluding hydrogens is 414 g/mol. The Morgan fingerprint density at radius 3 is 2.00 bits per heavy atom. The lowest BCUT2D eigenvalue weighted by Crippen LogP contribution is -2.29. The van der Waals surface area contributed by atoms with Gasteiger partial charge in [-0.15, -0.1) is 0 Å².